The monoisotopic (exact) mass is 602 g/mol. The van der Waals surface area contributed by atoms with Crippen LogP contribution in [0.1, 0.15) is 58.3 Å². The minimum atomic E-state index is -0.658. The number of fused-ring (bicyclic) bond motifs is 3. The smallest absolute Gasteiger partial charge is 0.407 e. The number of unbranched alkanes of at least 4 members (excludes halogenated alkanes) is 1. The zero-order chi connectivity index (χ0) is 27.7. The summed E-state index contributed by atoms with van der Waals surface area (Å²) < 4.78 is 7.11. The number of halogens is 2. The molecule has 2 aromatic heterocycles. The molecule has 0 unspecified atom stereocenters. The number of H-pyrrole nitrogens is 1. The number of rotatable bonds is 8. The van der Waals surface area contributed by atoms with E-state index in [-0.39, 0.29) is 42.7 Å². The first-order valence-corrected chi connectivity index (χ1v) is 13.8. The molecule has 4 aromatic rings. The molecule has 1 aliphatic heterocycles. The van der Waals surface area contributed by atoms with Gasteiger partial charge < -0.3 is 30.2 Å². The number of nitrogens with two attached hydrogens (primary N) is 1. The summed E-state index contributed by atoms with van der Waals surface area (Å²) in [5.74, 6) is 0.569. The Morgan fingerprint density at radius 2 is 1.85 bits per heavy atom. The predicted octanol–water partition coefficient (Wildman–Crippen LogP) is 6.45. The Kier molecular flexibility index (Phi) is 10.6. The quantitative estimate of drug-likeness (QED) is 0.200. The molecule has 3 heterocycles. The van der Waals surface area contributed by atoms with Crippen LogP contribution < -0.4 is 11.1 Å². The van der Waals surface area contributed by atoms with Crippen molar-refractivity contribution < 1.29 is 14.3 Å². The van der Waals surface area contributed by atoms with E-state index in [1.165, 1.54) is 23.4 Å². The molecule has 0 radical (unpaired) electrons. The van der Waals surface area contributed by atoms with Crippen molar-refractivity contribution in [1.29, 1.82) is 0 Å². The summed E-state index contributed by atoms with van der Waals surface area (Å²) in [5.41, 5.74) is 11.2. The summed E-state index contributed by atoms with van der Waals surface area (Å²) >= 11 is 0. The van der Waals surface area contributed by atoms with Crippen LogP contribution in [-0.4, -0.2) is 51.1 Å². The van der Waals surface area contributed by atoms with Gasteiger partial charge in [0.2, 0.25) is 5.91 Å². The number of imidazole rings is 1. The van der Waals surface area contributed by atoms with Crippen LogP contribution in [0.4, 0.5) is 10.5 Å². The van der Waals surface area contributed by atoms with Crippen molar-refractivity contribution in [2.75, 3.05) is 19.4 Å². The number of ether oxygens (including phenoxy) is 1. The van der Waals surface area contributed by atoms with E-state index < -0.39 is 12.1 Å². The van der Waals surface area contributed by atoms with Crippen molar-refractivity contribution in [3.05, 3.63) is 48.4 Å². The van der Waals surface area contributed by atoms with Gasteiger partial charge in [-0.2, -0.15) is 0 Å². The number of aromatic amines is 1. The number of nitrogens with zero attached hydrogens (tertiary/aromatic N) is 3. The lowest BCUT2D eigenvalue weighted by Crippen LogP contribution is -2.51. The van der Waals surface area contributed by atoms with Crippen LogP contribution in [0.2, 0.25) is 0 Å². The van der Waals surface area contributed by atoms with Crippen LogP contribution >= 0.6 is 24.8 Å². The van der Waals surface area contributed by atoms with Gasteiger partial charge in [0.1, 0.15) is 11.9 Å². The lowest BCUT2D eigenvalue weighted by Gasteiger charge is -2.30. The third-order valence-electron chi connectivity index (χ3n) is 7.78. The van der Waals surface area contributed by atoms with Crippen molar-refractivity contribution in [3.8, 4) is 11.3 Å². The first-order chi connectivity index (χ1) is 18.8. The molecule has 9 nitrogen and oxygen atoms in total. The molecule has 2 atom stereocenters. The number of methoxy groups -OCH3 is 1. The van der Waals surface area contributed by atoms with E-state index in [9.17, 15) is 9.59 Å². The number of anilines is 1. The molecule has 0 spiro atoms. The van der Waals surface area contributed by atoms with E-state index >= 15 is 0 Å². The summed E-state index contributed by atoms with van der Waals surface area (Å²) in [6.45, 7) is 7.58. The maximum atomic E-state index is 13.5. The van der Waals surface area contributed by atoms with Crippen LogP contribution in [0, 0.1) is 5.92 Å². The SMILES string of the molecule is CCCCn1c2cc(N)ccc2c2ccc(-c3cnc([C@@H]4CCCN4C(=O)[C@H](NC(=O)OC)C(C)C)[nH]3)cc21.Cl.Cl. The fourth-order valence-electron chi connectivity index (χ4n) is 5.68. The number of carbonyl (C=O) groups excluding carboxylic acids is 2. The first-order valence-electron chi connectivity index (χ1n) is 13.8. The molecular weight excluding hydrogens is 563 g/mol. The molecule has 5 rings (SSSR count). The zero-order valence-electron chi connectivity index (χ0n) is 24.0. The lowest BCUT2D eigenvalue weighted by atomic mass is 10.0. The molecule has 2 amide bonds. The Morgan fingerprint density at radius 3 is 2.54 bits per heavy atom. The van der Waals surface area contributed by atoms with Gasteiger partial charge in [-0.1, -0.05) is 45.4 Å². The molecule has 2 aromatic carbocycles. The number of aromatic nitrogens is 3. The highest BCUT2D eigenvalue weighted by molar-refractivity contribution is 6.09. The van der Waals surface area contributed by atoms with E-state index in [2.05, 4.69) is 52.1 Å². The average molecular weight is 604 g/mol. The van der Waals surface area contributed by atoms with Crippen molar-refractivity contribution in [1.82, 2.24) is 24.8 Å². The van der Waals surface area contributed by atoms with E-state index in [0.29, 0.717) is 6.54 Å². The maximum absolute atomic E-state index is 13.5. The molecule has 222 valence electrons. The van der Waals surface area contributed by atoms with E-state index in [0.717, 1.165) is 60.5 Å². The van der Waals surface area contributed by atoms with Gasteiger partial charge in [0.25, 0.3) is 0 Å². The third kappa shape index (κ3) is 6.26. The van der Waals surface area contributed by atoms with E-state index in [1.807, 2.05) is 31.0 Å². The number of hydrogen-bond donors (Lipinski definition) is 3. The number of nitrogens with one attached hydrogen (secondary N) is 2. The largest absolute Gasteiger partial charge is 0.453 e. The molecule has 11 heteroatoms. The third-order valence-corrected chi connectivity index (χ3v) is 7.78. The van der Waals surface area contributed by atoms with Crippen molar-refractivity contribution in [3.63, 3.8) is 0 Å². The predicted molar refractivity (Wildman–Crippen MR) is 169 cm³/mol. The van der Waals surface area contributed by atoms with Gasteiger partial charge in [-0.15, -0.1) is 24.8 Å². The number of nitrogen functional groups attached to an aromatic ring is 1. The molecule has 1 aliphatic rings. The average Bonchev–Trinajstić information content (AvgIpc) is 3.67. The van der Waals surface area contributed by atoms with Crippen LogP contribution in [-0.2, 0) is 16.1 Å². The van der Waals surface area contributed by atoms with Crippen LogP contribution in [0.25, 0.3) is 33.1 Å². The van der Waals surface area contributed by atoms with Crippen LogP contribution in [0.15, 0.2) is 42.6 Å². The Morgan fingerprint density at radius 1 is 1.15 bits per heavy atom. The summed E-state index contributed by atoms with van der Waals surface area (Å²) in [5, 5.41) is 5.11. The van der Waals surface area contributed by atoms with Crippen LogP contribution in [0.5, 0.6) is 0 Å². The number of alkyl carbamates (subject to hydrolysis) is 1. The summed E-state index contributed by atoms with van der Waals surface area (Å²) in [6.07, 6.45) is 5.13. The minimum absolute atomic E-state index is 0. The Labute approximate surface area is 253 Å². The van der Waals surface area contributed by atoms with Gasteiger partial charge in [-0.25, -0.2) is 9.78 Å². The molecular formula is C30H40Cl2N6O3. The number of likely N-dealkylation sites (tertiary alicyclic amines) is 1. The van der Waals surface area contributed by atoms with E-state index in [4.69, 9.17) is 15.5 Å². The highest BCUT2D eigenvalue weighted by Crippen LogP contribution is 2.35. The molecule has 0 bridgehead atoms. The van der Waals surface area contributed by atoms with Gasteiger partial charge >= 0.3 is 6.09 Å². The van der Waals surface area contributed by atoms with Crippen molar-refractivity contribution in [2.45, 2.75) is 65.1 Å². The van der Waals surface area contributed by atoms with Gasteiger partial charge in [-0.3, -0.25) is 4.79 Å². The highest BCUT2D eigenvalue weighted by atomic mass is 35.5. The fourth-order valence-corrected chi connectivity index (χ4v) is 5.68. The van der Waals surface area contributed by atoms with Gasteiger partial charge in [-0.05, 0) is 43.4 Å². The van der Waals surface area contributed by atoms with Crippen molar-refractivity contribution in [2.24, 2.45) is 5.92 Å². The van der Waals surface area contributed by atoms with Crippen molar-refractivity contribution >= 4 is 64.3 Å². The zero-order valence-corrected chi connectivity index (χ0v) is 25.6. The summed E-state index contributed by atoms with van der Waals surface area (Å²) in [4.78, 5) is 35.4. The lowest BCUT2D eigenvalue weighted by molar-refractivity contribution is -0.135. The number of benzene rings is 2. The minimum Gasteiger partial charge on any atom is -0.453 e. The molecule has 0 saturated carbocycles. The fraction of sp³-hybridized carbons (Fsp3) is 0.433. The Hall–Kier alpha value is -3.43. The number of amides is 2. The summed E-state index contributed by atoms with van der Waals surface area (Å²) in [7, 11) is 1.30. The Bertz CT molecular complexity index is 1510. The first kappa shape index (κ1) is 32.1. The second-order valence-corrected chi connectivity index (χ2v) is 10.7. The number of hydrogen-bond acceptors (Lipinski definition) is 5. The Balaban J connectivity index is 0.00000231. The van der Waals surface area contributed by atoms with Gasteiger partial charge in [0.05, 0.1) is 30.6 Å². The topological polar surface area (TPSA) is 118 Å². The van der Waals surface area contributed by atoms with Gasteiger partial charge in [0, 0.05) is 40.6 Å². The standard InChI is InChI=1S/C30H38N6O3.2ClH/c1-5-6-13-35-25-15-19(9-11-21(25)22-12-10-20(31)16-26(22)35)23-17-32-28(33-23)24-8-7-14-36(24)29(37)27(18(2)3)34-30(38)39-4;;/h9-12,15-18,24,27H,5-8,13-14,31H2,1-4H3,(H,32,33)(H,34,38);2*1H/t24-,27+;;/m0../s1. The molecule has 4 N–H and O–H groups in total. The second-order valence-electron chi connectivity index (χ2n) is 10.7. The van der Waals surface area contributed by atoms with Gasteiger partial charge in [0.15, 0.2) is 0 Å². The second kappa shape index (κ2) is 13.5. The normalized spacial score (nSPS) is 15.5. The molecule has 1 saturated heterocycles. The molecule has 0 aliphatic carbocycles. The highest BCUT2D eigenvalue weighted by Gasteiger charge is 2.37. The maximum Gasteiger partial charge on any atom is 0.407 e. The molecule has 41 heavy (non-hydrogen) atoms. The number of aryl methyl sites for hydroxylation is 1. The van der Waals surface area contributed by atoms with Crippen LogP contribution in [0.3, 0.4) is 0 Å². The number of carbonyl (C=O) groups is 2. The summed E-state index contributed by atoms with van der Waals surface area (Å²) in [6, 6.07) is 11.8. The van der Waals surface area contributed by atoms with E-state index in [1.54, 1.807) is 0 Å². The molecule has 1 fully saturated rings.